The van der Waals surface area contributed by atoms with Crippen molar-refractivity contribution >= 4 is 11.9 Å². The van der Waals surface area contributed by atoms with Crippen molar-refractivity contribution in [2.75, 3.05) is 20.3 Å². The molecule has 8 nitrogen and oxygen atoms in total. The van der Waals surface area contributed by atoms with Crippen molar-refractivity contribution in [1.82, 2.24) is 9.88 Å². The minimum Gasteiger partial charge on any atom is -0.497 e. The molecule has 3 aromatic carbocycles. The number of aryl methyl sites for hydroxylation is 1. The zero-order chi connectivity index (χ0) is 27.8. The summed E-state index contributed by atoms with van der Waals surface area (Å²) < 4.78 is 22.4. The van der Waals surface area contributed by atoms with Gasteiger partial charge in [0, 0.05) is 12.0 Å². The Kier molecular flexibility index (Phi) is 8.99. The van der Waals surface area contributed by atoms with Crippen LogP contribution < -0.4 is 14.2 Å². The number of benzene rings is 3. The van der Waals surface area contributed by atoms with Crippen LogP contribution in [0, 0.1) is 6.92 Å². The molecule has 1 atom stereocenters. The number of Topliss-reactive ketones (excluding diaryl/α,β-unsaturated/α-hetero) is 1. The molecule has 0 aliphatic carbocycles. The van der Waals surface area contributed by atoms with Gasteiger partial charge in [-0.3, -0.25) is 9.69 Å². The summed E-state index contributed by atoms with van der Waals surface area (Å²) in [7, 11) is 1.56. The van der Waals surface area contributed by atoms with Gasteiger partial charge in [0.1, 0.15) is 28.8 Å². The Morgan fingerprint density at radius 2 is 1.56 bits per heavy atom. The van der Waals surface area contributed by atoms with E-state index < -0.39 is 12.1 Å². The first kappa shape index (κ1) is 27.4. The lowest BCUT2D eigenvalue weighted by Crippen LogP contribution is -2.39. The summed E-state index contributed by atoms with van der Waals surface area (Å²) in [6.45, 7) is 5.55. The summed E-state index contributed by atoms with van der Waals surface area (Å²) in [5.41, 5.74) is 2.63. The van der Waals surface area contributed by atoms with Gasteiger partial charge in [-0.15, -0.1) is 0 Å². The number of methoxy groups -OCH3 is 1. The highest BCUT2D eigenvalue weighted by molar-refractivity contribution is 5.83. The third-order valence-corrected chi connectivity index (χ3v) is 6.24. The summed E-state index contributed by atoms with van der Waals surface area (Å²) in [5.74, 6) is 2.93. The molecular weight excluding hydrogens is 496 g/mol. The molecule has 202 valence electrons. The zero-order valence-electron chi connectivity index (χ0n) is 22.5. The Bertz CT molecular complexity index is 1380. The second kappa shape index (κ2) is 12.8. The summed E-state index contributed by atoms with van der Waals surface area (Å²) in [5, 5.41) is 0. The maximum absolute atomic E-state index is 13.0. The van der Waals surface area contributed by atoms with E-state index in [0.717, 1.165) is 22.6 Å². The molecule has 0 saturated heterocycles. The molecule has 0 spiro atoms. The van der Waals surface area contributed by atoms with Crippen LogP contribution in [-0.2, 0) is 11.2 Å². The minimum atomic E-state index is -0.610. The highest BCUT2D eigenvalue weighted by Crippen LogP contribution is 2.26. The minimum absolute atomic E-state index is 0.0730. The molecule has 0 fully saturated rings. The molecule has 39 heavy (non-hydrogen) atoms. The van der Waals surface area contributed by atoms with E-state index in [2.05, 4.69) is 4.98 Å². The molecule has 0 bridgehead atoms. The maximum Gasteiger partial charge on any atom is 0.416 e. The highest BCUT2D eigenvalue weighted by atomic mass is 16.6. The fraction of sp³-hybridized carbons (Fsp3) is 0.258. The molecule has 4 aromatic rings. The zero-order valence-corrected chi connectivity index (χ0v) is 22.5. The van der Waals surface area contributed by atoms with Crippen LogP contribution in [0.3, 0.4) is 0 Å². The second-order valence-electron chi connectivity index (χ2n) is 9.10. The summed E-state index contributed by atoms with van der Waals surface area (Å²) in [6.07, 6.45) is -0.00904. The van der Waals surface area contributed by atoms with Gasteiger partial charge in [-0.2, -0.15) is 0 Å². The van der Waals surface area contributed by atoms with Crippen molar-refractivity contribution in [3.8, 4) is 28.7 Å². The molecular formula is C31H32N2O6. The van der Waals surface area contributed by atoms with E-state index in [1.54, 1.807) is 31.4 Å². The number of amides is 1. The van der Waals surface area contributed by atoms with Gasteiger partial charge in [0.15, 0.2) is 0 Å². The summed E-state index contributed by atoms with van der Waals surface area (Å²) in [6, 6.07) is 23.5. The lowest BCUT2D eigenvalue weighted by atomic mass is 10.1. The van der Waals surface area contributed by atoms with Crippen LogP contribution in [0.1, 0.15) is 36.9 Å². The lowest BCUT2D eigenvalue weighted by molar-refractivity contribution is -0.118. The molecule has 4 rings (SSSR count). The largest absolute Gasteiger partial charge is 0.497 e. The number of aromatic nitrogens is 1. The number of carbonyl (C=O) groups is 2. The van der Waals surface area contributed by atoms with Crippen LogP contribution in [0.2, 0.25) is 0 Å². The van der Waals surface area contributed by atoms with E-state index in [4.69, 9.17) is 18.6 Å². The van der Waals surface area contributed by atoms with E-state index in [9.17, 15) is 9.59 Å². The van der Waals surface area contributed by atoms with Crippen LogP contribution >= 0.6 is 0 Å². The standard InChI is InChI=1S/C31H32N2O6/c1-21(34)20-33(31(35)39-28-16-14-26(36-4)15-17-28)22(2)24-10-12-27(13-11-24)37-19-18-29-23(3)38-30(32-29)25-8-6-5-7-9-25/h5-17,22H,18-20H2,1-4H3/t22-/m0/s1. The molecule has 1 amide bonds. The van der Waals surface area contributed by atoms with Gasteiger partial charge in [-0.05, 0) is 74.9 Å². The van der Waals surface area contributed by atoms with Gasteiger partial charge in [0.25, 0.3) is 0 Å². The fourth-order valence-corrected chi connectivity index (χ4v) is 4.05. The summed E-state index contributed by atoms with van der Waals surface area (Å²) >= 11 is 0. The number of ether oxygens (including phenoxy) is 3. The maximum atomic E-state index is 13.0. The molecule has 0 unspecified atom stereocenters. The average molecular weight is 529 g/mol. The first-order chi connectivity index (χ1) is 18.8. The number of oxazole rings is 1. The number of carbonyl (C=O) groups excluding carboxylic acids is 2. The Morgan fingerprint density at radius 3 is 2.21 bits per heavy atom. The Hall–Kier alpha value is -4.59. The molecule has 0 saturated carbocycles. The van der Waals surface area contributed by atoms with Gasteiger partial charge in [-0.1, -0.05) is 30.3 Å². The van der Waals surface area contributed by atoms with E-state index in [-0.39, 0.29) is 12.3 Å². The molecule has 1 heterocycles. The van der Waals surface area contributed by atoms with E-state index in [1.165, 1.54) is 11.8 Å². The Labute approximate surface area is 228 Å². The van der Waals surface area contributed by atoms with Crippen molar-refractivity contribution in [3.63, 3.8) is 0 Å². The van der Waals surface area contributed by atoms with Gasteiger partial charge >= 0.3 is 6.09 Å². The molecule has 0 N–H and O–H groups in total. The number of hydrogen-bond acceptors (Lipinski definition) is 7. The van der Waals surface area contributed by atoms with Crippen molar-refractivity contribution in [1.29, 1.82) is 0 Å². The number of rotatable bonds is 11. The smallest absolute Gasteiger partial charge is 0.416 e. The third-order valence-electron chi connectivity index (χ3n) is 6.24. The number of hydrogen-bond donors (Lipinski definition) is 0. The Balaban J connectivity index is 1.36. The van der Waals surface area contributed by atoms with Crippen molar-refractivity contribution < 1.29 is 28.2 Å². The van der Waals surface area contributed by atoms with Crippen molar-refractivity contribution in [2.45, 2.75) is 33.2 Å². The highest BCUT2D eigenvalue weighted by Gasteiger charge is 2.25. The quantitative estimate of drug-likeness (QED) is 0.221. The van der Waals surface area contributed by atoms with E-state index >= 15 is 0 Å². The molecule has 0 aliphatic rings. The molecule has 0 aliphatic heterocycles. The van der Waals surface area contributed by atoms with Gasteiger partial charge < -0.3 is 18.6 Å². The van der Waals surface area contributed by atoms with Gasteiger partial charge in [0.2, 0.25) is 5.89 Å². The predicted molar refractivity (Wildman–Crippen MR) is 147 cm³/mol. The average Bonchev–Trinajstić information content (AvgIpc) is 3.32. The van der Waals surface area contributed by atoms with Crippen LogP contribution in [-0.4, -0.2) is 42.0 Å². The first-order valence-electron chi connectivity index (χ1n) is 12.7. The number of ketones is 1. The van der Waals surface area contributed by atoms with Crippen LogP contribution in [0.25, 0.3) is 11.5 Å². The van der Waals surface area contributed by atoms with Crippen LogP contribution in [0.5, 0.6) is 17.2 Å². The lowest BCUT2D eigenvalue weighted by Gasteiger charge is -2.28. The topological polar surface area (TPSA) is 91.1 Å². The first-order valence-corrected chi connectivity index (χ1v) is 12.7. The fourth-order valence-electron chi connectivity index (χ4n) is 4.05. The number of nitrogens with zero attached hydrogens (tertiary/aromatic N) is 2. The molecule has 1 aromatic heterocycles. The van der Waals surface area contributed by atoms with Gasteiger partial charge in [-0.25, -0.2) is 9.78 Å². The van der Waals surface area contributed by atoms with E-state index in [1.807, 2.05) is 68.4 Å². The van der Waals surface area contributed by atoms with Crippen molar-refractivity contribution in [2.24, 2.45) is 0 Å². The van der Waals surface area contributed by atoms with E-state index in [0.29, 0.717) is 36.2 Å². The molecule has 0 radical (unpaired) electrons. The Morgan fingerprint density at radius 1 is 0.923 bits per heavy atom. The summed E-state index contributed by atoms with van der Waals surface area (Å²) in [4.78, 5) is 30.9. The normalized spacial score (nSPS) is 11.5. The second-order valence-corrected chi connectivity index (χ2v) is 9.10. The SMILES string of the molecule is COc1ccc(OC(=O)N(CC(C)=O)[C@@H](C)c2ccc(OCCc3nc(-c4ccccc4)oc3C)cc2)cc1. The monoisotopic (exact) mass is 528 g/mol. The predicted octanol–water partition coefficient (Wildman–Crippen LogP) is 6.43. The van der Waals surface area contributed by atoms with Crippen LogP contribution in [0.4, 0.5) is 4.79 Å². The van der Waals surface area contributed by atoms with Crippen LogP contribution in [0.15, 0.2) is 83.3 Å². The van der Waals surface area contributed by atoms with Crippen molar-refractivity contribution in [3.05, 3.63) is 95.9 Å². The third kappa shape index (κ3) is 7.25. The molecule has 8 heteroatoms. The van der Waals surface area contributed by atoms with Gasteiger partial charge in [0.05, 0.1) is 32.0 Å².